The second kappa shape index (κ2) is 2.39. The van der Waals surface area contributed by atoms with Crippen molar-refractivity contribution < 1.29 is 19.4 Å². The number of ketones is 1. The van der Waals surface area contributed by atoms with Crippen molar-refractivity contribution in [2.75, 3.05) is 0 Å². The zero-order chi connectivity index (χ0) is 10.6. The minimum atomic E-state index is -1.27. The molecule has 0 bridgehead atoms. The predicted molar refractivity (Wildman–Crippen MR) is 49.9 cm³/mol. The molecular weight excluding hydrogens is 196 g/mol. The first kappa shape index (κ1) is 8.47. The number of Topliss-reactive ketones (excluding diaryl/α,β-unsaturated/α-hetero) is 1. The van der Waals surface area contributed by atoms with Crippen molar-refractivity contribution in [3.8, 4) is 5.75 Å². The van der Waals surface area contributed by atoms with Gasteiger partial charge < -0.3 is 9.84 Å². The van der Waals surface area contributed by atoms with Crippen LogP contribution in [0.25, 0.3) is 0 Å². The van der Waals surface area contributed by atoms with Crippen LogP contribution >= 0.6 is 0 Å². The van der Waals surface area contributed by atoms with Crippen LogP contribution in [0.5, 0.6) is 5.75 Å². The van der Waals surface area contributed by atoms with Gasteiger partial charge in [0.05, 0.1) is 11.5 Å². The Morgan fingerprint density at radius 1 is 1.47 bits per heavy atom. The molecular formula is C11H8O4. The van der Waals surface area contributed by atoms with E-state index in [9.17, 15) is 9.59 Å². The molecule has 0 spiro atoms. The molecule has 1 aliphatic heterocycles. The molecule has 0 radical (unpaired) electrons. The molecule has 3 rings (SSSR count). The highest BCUT2D eigenvalue weighted by Crippen LogP contribution is 2.53. The van der Waals surface area contributed by atoms with Crippen molar-refractivity contribution in [1.82, 2.24) is 0 Å². The number of ether oxygens (including phenoxy) is 1. The van der Waals surface area contributed by atoms with E-state index in [0.29, 0.717) is 11.3 Å². The van der Waals surface area contributed by atoms with Crippen LogP contribution in [0.4, 0.5) is 0 Å². The van der Waals surface area contributed by atoms with Gasteiger partial charge >= 0.3 is 5.97 Å². The highest BCUT2D eigenvalue weighted by atomic mass is 16.5. The summed E-state index contributed by atoms with van der Waals surface area (Å²) in [6, 6.07) is 6.77. The molecule has 2 aliphatic rings. The number of carbonyl (C=O) groups is 2. The van der Waals surface area contributed by atoms with Crippen LogP contribution in [-0.2, 0) is 4.79 Å². The van der Waals surface area contributed by atoms with E-state index < -0.39 is 17.5 Å². The summed E-state index contributed by atoms with van der Waals surface area (Å²) in [5.74, 6) is -1.27. The number of carbonyl (C=O) groups excluding carboxylic acids is 1. The predicted octanol–water partition coefficient (Wildman–Crippen LogP) is 1.10. The van der Waals surface area contributed by atoms with Crippen LogP contribution < -0.4 is 4.74 Å². The summed E-state index contributed by atoms with van der Waals surface area (Å²) in [7, 11) is 0. The number of rotatable bonds is 1. The largest absolute Gasteiger partial charge is 0.478 e. The number of benzene rings is 1. The number of hydrogen-bond donors (Lipinski definition) is 1. The highest BCUT2D eigenvalue weighted by Gasteiger charge is 2.69. The first-order chi connectivity index (χ1) is 7.15. The van der Waals surface area contributed by atoms with Gasteiger partial charge in [0.15, 0.2) is 5.78 Å². The summed E-state index contributed by atoms with van der Waals surface area (Å²) >= 11 is 0. The number of para-hydroxylation sites is 1. The summed E-state index contributed by atoms with van der Waals surface area (Å²) in [5.41, 5.74) is -0.775. The van der Waals surface area contributed by atoms with E-state index in [1.165, 1.54) is 0 Å². The first-order valence-electron chi connectivity index (χ1n) is 4.71. The van der Waals surface area contributed by atoms with Gasteiger partial charge in [-0.25, -0.2) is 4.79 Å². The maximum absolute atomic E-state index is 11.8. The average molecular weight is 204 g/mol. The standard InChI is InChI=1S/C11H8O4/c12-9-6-3-1-2-4-8(6)15-11(10(13)14)5-7(9)11/h1-4,7H,5H2,(H,13,14)/t7-,11-/m0/s1. The van der Waals surface area contributed by atoms with E-state index >= 15 is 0 Å². The monoisotopic (exact) mass is 204 g/mol. The Morgan fingerprint density at radius 2 is 2.20 bits per heavy atom. The molecule has 0 aromatic heterocycles. The van der Waals surface area contributed by atoms with Crippen molar-refractivity contribution in [1.29, 1.82) is 0 Å². The van der Waals surface area contributed by atoms with Crippen molar-refractivity contribution in [3.05, 3.63) is 29.8 Å². The van der Waals surface area contributed by atoms with Gasteiger partial charge in [-0.3, -0.25) is 4.79 Å². The summed E-state index contributed by atoms with van der Waals surface area (Å²) in [6.45, 7) is 0. The van der Waals surface area contributed by atoms with E-state index in [4.69, 9.17) is 9.84 Å². The quantitative estimate of drug-likeness (QED) is 0.744. The van der Waals surface area contributed by atoms with E-state index in [2.05, 4.69) is 0 Å². The number of carboxylic acids is 1. The van der Waals surface area contributed by atoms with Gasteiger partial charge in [0, 0.05) is 6.42 Å². The molecule has 1 aromatic carbocycles. The number of hydrogen-bond acceptors (Lipinski definition) is 3. The molecule has 2 atom stereocenters. The van der Waals surface area contributed by atoms with Crippen molar-refractivity contribution in [2.45, 2.75) is 12.0 Å². The Morgan fingerprint density at radius 3 is 2.93 bits per heavy atom. The Bertz CT molecular complexity index is 479. The van der Waals surface area contributed by atoms with Crippen LogP contribution in [-0.4, -0.2) is 22.5 Å². The fourth-order valence-corrected chi connectivity index (χ4v) is 2.08. The lowest BCUT2D eigenvalue weighted by molar-refractivity contribution is -0.148. The minimum Gasteiger partial charge on any atom is -0.478 e. The van der Waals surface area contributed by atoms with Crippen LogP contribution in [0.1, 0.15) is 16.8 Å². The molecule has 4 heteroatoms. The molecule has 4 nitrogen and oxygen atoms in total. The van der Waals surface area contributed by atoms with Gasteiger partial charge in [0.25, 0.3) is 0 Å². The highest BCUT2D eigenvalue weighted by molar-refractivity contribution is 6.09. The normalized spacial score (nSPS) is 31.2. The fraction of sp³-hybridized carbons (Fsp3) is 0.273. The average Bonchev–Trinajstić information content (AvgIpc) is 2.94. The third-order valence-corrected chi connectivity index (χ3v) is 3.03. The second-order valence-electron chi connectivity index (χ2n) is 3.91. The third kappa shape index (κ3) is 0.909. The topological polar surface area (TPSA) is 63.6 Å². The summed E-state index contributed by atoms with van der Waals surface area (Å²) < 4.78 is 5.40. The van der Waals surface area contributed by atoms with Gasteiger partial charge in [-0.1, -0.05) is 12.1 Å². The smallest absolute Gasteiger partial charge is 0.348 e. The van der Waals surface area contributed by atoms with Crippen LogP contribution in [0.15, 0.2) is 24.3 Å². The van der Waals surface area contributed by atoms with Gasteiger partial charge in [0.2, 0.25) is 5.60 Å². The van der Waals surface area contributed by atoms with E-state index in [1.54, 1.807) is 24.3 Å². The van der Waals surface area contributed by atoms with Crippen LogP contribution in [0.3, 0.4) is 0 Å². The molecule has 1 aliphatic carbocycles. The molecule has 1 N–H and O–H groups in total. The summed E-state index contributed by atoms with van der Waals surface area (Å²) in [6.07, 6.45) is 0.288. The van der Waals surface area contributed by atoms with E-state index in [-0.39, 0.29) is 12.2 Å². The Hall–Kier alpha value is -1.84. The molecule has 1 aromatic rings. The number of fused-ring (bicyclic) bond motifs is 2. The molecule has 76 valence electrons. The van der Waals surface area contributed by atoms with Crippen LogP contribution in [0.2, 0.25) is 0 Å². The van der Waals surface area contributed by atoms with Crippen molar-refractivity contribution >= 4 is 11.8 Å². The lowest BCUT2D eigenvalue weighted by Crippen LogP contribution is -2.37. The Kier molecular flexibility index (Phi) is 1.35. The van der Waals surface area contributed by atoms with E-state index in [0.717, 1.165) is 0 Å². The molecule has 1 heterocycles. The van der Waals surface area contributed by atoms with Gasteiger partial charge in [-0.05, 0) is 12.1 Å². The minimum absolute atomic E-state index is 0.112. The second-order valence-corrected chi connectivity index (χ2v) is 3.91. The maximum atomic E-state index is 11.8. The van der Waals surface area contributed by atoms with Crippen molar-refractivity contribution in [2.24, 2.45) is 5.92 Å². The summed E-state index contributed by atoms with van der Waals surface area (Å²) in [5, 5.41) is 9.01. The zero-order valence-corrected chi connectivity index (χ0v) is 7.77. The molecule has 15 heavy (non-hydrogen) atoms. The van der Waals surface area contributed by atoms with E-state index in [1.807, 2.05) is 0 Å². The van der Waals surface area contributed by atoms with Gasteiger partial charge in [-0.2, -0.15) is 0 Å². The number of carboxylic acid groups (broad SMARTS) is 1. The Labute approximate surface area is 85.5 Å². The molecule has 0 saturated heterocycles. The maximum Gasteiger partial charge on any atom is 0.348 e. The summed E-state index contributed by atoms with van der Waals surface area (Å²) in [4.78, 5) is 22.8. The SMILES string of the molecule is O=C1c2ccccc2O[C@@]2(C(=O)O)C[C@@H]12. The Balaban J connectivity index is 2.12. The molecule has 0 unspecified atom stereocenters. The fourth-order valence-electron chi connectivity index (χ4n) is 2.08. The molecule has 1 saturated carbocycles. The lowest BCUT2D eigenvalue weighted by Gasteiger charge is -2.21. The van der Waals surface area contributed by atoms with Gasteiger partial charge in [-0.15, -0.1) is 0 Å². The van der Waals surface area contributed by atoms with Crippen LogP contribution in [0, 0.1) is 5.92 Å². The third-order valence-electron chi connectivity index (χ3n) is 3.03. The zero-order valence-electron chi connectivity index (χ0n) is 7.77. The molecule has 1 fully saturated rings. The number of aliphatic carboxylic acids is 1. The lowest BCUT2D eigenvalue weighted by atomic mass is 10.0. The van der Waals surface area contributed by atoms with Gasteiger partial charge in [0.1, 0.15) is 5.75 Å². The first-order valence-corrected chi connectivity index (χ1v) is 4.71. The van der Waals surface area contributed by atoms with Crippen molar-refractivity contribution in [3.63, 3.8) is 0 Å². The molecule has 0 amide bonds.